The first-order valence-electron chi connectivity index (χ1n) is 5.96. The summed E-state index contributed by atoms with van der Waals surface area (Å²) in [4.78, 5) is 2.27. The summed E-state index contributed by atoms with van der Waals surface area (Å²) >= 11 is 6.00. The Morgan fingerprint density at radius 2 is 2.29 bits per heavy atom. The number of piperidine rings is 1. The molecule has 0 amide bonds. The van der Waals surface area contributed by atoms with Gasteiger partial charge in [0.1, 0.15) is 5.82 Å². The molecule has 1 aliphatic rings. The number of aliphatic hydroxyl groups excluding tert-OH is 1. The lowest BCUT2D eigenvalue weighted by molar-refractivity contribution is 0.116. The molecule has 0 aromatic heterocycles. The third kappa shape index (κ3) is 3.41. The van der Waals surface area contributed by atoms with Gasteiger partial charge >= 0.3 is 0 Å². The first kappa shape index (κ1) is 12.8. The summed E-state index contributed by atoms with van der Waals surface area (Å²) in [5, 5.41) is 9.65. The van der Waals surface area contributed by atoms with Crippen LogP contribution in [-0.4, -0.2) is 29.7 Å². The van der Waals surface area contributed by atoms with Gasteiger partial charge in [0.2, 0.25) is 0 Å². The number of rotatable bonds is 3. The van der Waals surface area contributed by atoms with Crippen LogP contribution in [0.2, 0.25) is 5.02 Å². The van der Waals surface area contributed by atoms with Gasteiger partial charge in [-0.05, 0) is 43.0 Å². The minimum Gasteiger partial charge on any atom is -0.396 e. The lowest BCUT2D eigenvalue weighted by Crippen LogP contribution is -2.36. The number of aliphatic hydroxyl groups is 1. The fourth-order valence-electron chi connectivity index (χ4n) is 2.33. The normalized spacial score (nSPS) is 21.7. The predicted octanol–water partition coefficient (Wildman–Crippen LogP) is 2.68. The summed E-state index contributed by atoms with van der Waals surface area (Å²) < 4.78 is 12.9. The van der Waals surface area contributed by atoms with Gasteiger partial charge < -0.3 is 5.11 Å². The van der Waals surface area contributed by atoms with Crippen molar-refractivity contribution in [2.45, 2.75) is 19.4 Å². The Kier molecular flexibility index (Phi) is 4.37. The van der Waals surface area contributed by atoms with Crippen molar-refractivity contribution < 1.29 is 9.50 Å². The summed E-state index contributed by atoms with van der Waals surface area (Å²) in [6, 6.07) is 4.53. The van der Waals surface area contributed by atoms with Gasteiger partial charge in [0.25, 0.3) is 0 Å². The van der Waals surface area contributed by atoms with Gasteiger partial charge in [-0.2, -0.15) is 0 Å². The molecule has 2 rings (SSSR count). The monoisotopic (exact) mass is 257 g/mol. The van der Waals surface area contributed by atoms with Crippen LogP contribution in [0.3, 0.4) is 0 Å². The van der Waals surface area contributed by atoms with Gasteiger partial charge in [0.05, 0.1) is 0 Å². The molecule has 0 aliphatic carbocycles. The highest BCUT2D eigenvalue weighted by Gasteiger charge is 2.19. The number of halogens is 2. The lowest BCUT2D eigenvalue weighted by Gasteiger charge is -2.31. The quantitative estimate of drug-likeness (QED) is 0.900. The van der Waals surface area contributed by atoms with Crippen LogP contribution in [0, 0.1) is 11.7 Å². The number of hydrogen-bond acceptors (Lipinski definition) is 2. The number of likely N-dealkylation sites (tertiary alicyclic amines) is 1. The van der Waals surface area contributed by atoms with Gasteiger partial charge in [-0.1, -0.05) is 17.7 Å². The Bertz CT molecular complexity index is 386. The Labute approximate surface area is 106 Å². The fraction of sp³-hybridized carbons (Fsp3) is 0.538. The van der Waals surface area contributed by atoms with E-state index in [9.17, 15) is 4.39 Å². The van der Waals surface area contributed by atoms with Crippen molar-refractivity contribution in [1.29, 1.82) is 0 Å². The molecule has 1 heterocycles. The molecule has 1 N–H and O–H groups in total. The third-order valence-corrected chi connectivity index (χ3v) is 3.62. The minimum absolute atomic E-state index is 0.244. The number of nitrogens with zero attached hydrogens (tertiary/aromatic N) is 1. The molecule has 4 heteroatoms. The Hall–Kier alpha value is -0.640. The van der Waals surface area contributed by atoms with E-state index in [2.05, 4.69) is 4.90 Å². The molecule has 2 nitrogen and oxygen atoms in total. The van der Waals surface area contributed by atoms with Crippen LogP contribution < -0.4 is 0 Å². The highest BCUT2D eigenvalue weighted by atomic mass is 35.5. The standard InChI is InChI=1S/C13H17ClFNO/c14-13-6-12(15)4-3-11(13)8-16-5-1-2-10(7-16)9-17/h3-4,6,10,17H,1-2,5,7-9H2/t10-/m0/s1. The molecule has 0 saturated carbocycles. The van der Waals surface area contributed by atoms with E-state index < -0.39 is 0 Å². The average Bonchev–Trinajstić information content (AvgIpc) is 2.33. The van der Waals surface area contributed by atoms with E-state index in [0.29, 0.717) is 10.9 Å². The minimum atomic E-state index is -0.300. The van der Waals surface area contributed by atoms with Gasteiger partial charge in [0.15, 0.2) is 0 Å². The van der Waals surface area contributed by atoms with E-state index in [1.165, 1.54) is 12.1 Å². The van der Waals surface area contributed by atoms with Crippen LogP contribution in [0.5, 0.6) is 0 Å². The van der Waals surface area contributed by atoms with E-state index >= 15 is 0 Å². The molecule has 1 saturated heterocycles. The van der Waals surface area contributed by atoms with E-state index in [1.807, 2.05) is 0 Å². The van der Waals surface area contributed by atoms with Crippen molar-refractivity contribution in [1.82, 2.24) is 4.90 Å². The van der Waals surface area contributed by atoms with Crippen LogP contribution in [0.4, 0.5) is 4.39 Å². The number of benzene rings is 1. The van der Waals surface area contributed by atoms with Crippen molar-refractivity contribution in [3.63, 3.8) is 0 Å². The van der Waals surface area contributed by atoms with Crippen molar-refractivity contribution in [2.75, 3.05) is 19.7 Å². The second kappa shape index (κ2) is 5.80. The first-order chi connectivity index (χ1) is 8.19. The second-order valence-electron chi connectivity index (χ2n) is 4.66. The van der Waals surface area contributed by atoms with Crippen LogP contribution in [0.1, 0.15) is 18.4 Å². The second-order valence-corrected chi connectivity index (χ2v) is 5.07. The first-order valence-corrected chi connectivity index (χ1v) is 6.34. The molecule has 1 aromatic carbocycles. The molecule has 17 heavy (non-hydrogen) atoms. The zero-order chi connectivity index (χ0) is 12.3. The van der Waals surface area contributed by atoms with Gasteiger partial charge in [-0.3, -0.25) is 4.90 Å². The Balaban J connectivity index is 2.00. The molecule has 94 valence electrons. The largest absolute Gasteiger partial charge is 0.396 e. The SMILES string of the molecule is OC[C@H]1CCCN(Cc2ccc(F)cc2Cl)C1. The van der Waals surface area contributed by atoms with E-state index in [0.717, 1.165) is 38.0 Å². The zero-order valence-electron chi connectivity index (χ0n) is 9.70. The van der Waals surface area contributed by atoms with Crippen molar-refractivity contribution >= 4 is 11.6 Å². The maximum atomic E-state index is 12.9. The molecule has 1 aliphatic heterocycles. The van der Waals surface area contributed by atoms with Crippen molar-refractivity contribution in [3.05, 3.63) is 34.6 Å². The van der Waals surface area contributed by atoms with E-state index in [1.54, 1.807) is 6.07 Å². The summed E-state index contributed by atoms with van der Waals surface area (Å²) in [5.41, 5.74) is 0.951. The van der Waals surface area contributed by atoms with Crippen molar-refractivity contribution in [3.8, 4) is 0 Å². The molecular formula is C13H17ClFNO. The maximum absolute atomic E-state index is 12.9. The topological polar surface area (TPSA) is 23.5 Å². The molecule has 1 fully saturated rings. The van der Waals surface area contributed by atoms with Gasteiger partial charge in [-0.25, -0.2) is 4.39 Å². The van der Waals surface area contributed by atoms with Crippen molar-refractivity contribution in [2.24, 2.45) is 5.92 Å². The van der Waals surface area contributed by atoms with Gasteiger partial charge in [0, 0.05) is 24.7 Å². The summed E-state index contributed by atoms with van der Waals surface area (Å²) in [7, 11) is 0. The van der Waals surface area contributed by atoms with Crippen LogP contribution >= 0.6 is 11.6 Å². The highest BCUT2D eigenvalue weighted by molar-refractivity contribution is 6.31. The average molecular weight is 258 g/mol. The Morgan fingerprint density at radius 3 is 3.00 bits per heavy atom. The summed E-state index contributed by atoms with van der Waals surface area (Å²) in [6.45, 7) is 2.89. The molecular weight excluding hydrogens is 241 g/mol. The molecule has 0 unspecified atom stereocenters. The number of hydrogen-bond donors (Lipinski definition) is 1. The molecule has 1 atom stereocenters. The Morgan fingerprint density at radius 1 is 1.47 bits per heavy atom. The molecule has 0 spiro atoms. The lowest BCUT2D eigenvalue weighted by atomic mass is 9.98. The molecule has 0 radical (unpaired) electrons. The fourth-order valence-corrected chi connectivity index (χ4v) is 2.56. The van der Waals surface area contributed by atoms with Crippen LogP contribution in [0.25, 0.3) is 0 Å². The predicted molar refractivity (Wildman–Crippen MR) is 66.5 cm³/mol. The maximum Gasteiger partial charge on any atom is 0.124 e. The summed E-state index contributed by atoms with van der Waals surface area (Å²) in [5.74, 6) is 0.0635. The highest BCUT2D eigenvalue weighted by Crippen LogP contribution is 2.22. The van der Waals surface area contributed by atoms with E-state index in [4.69, 9.17) is 16.7 Å². The van der Waals surface area contributed by atoms with Crippen LogP contribution in [-0.2, 0) is 6.54 Å². The molecule has 1 aromatic rings. The smallest absolute Gasteiger partial charge is 0.124 e. The summed E-state index contributed by atoms with van der Waals surface area (Å²) in [6.07, 6.45) is 2.19. The van der Waals surface area contributed by atoms with E-state index in [-0.39, 0.29) is 12.4 Å². The third-order valence-electron chi connectivity index (χ3n) is 3.27. The van der Waals surface area contributed by atoms with Crippen LogP contribution in [0.15, 0.2) is 18.2 Å². The molecule has 0 bridgehead atoms. The van der Waals surface area contributed by atoms with Gasteiger partial charge in [-0.15, -0.1) is 0 Å². The zero-order valence-corrected chi connectivity index (χ0v) is 10.5.